The van der Waals surface area contributed by atoms with Gasteiger partial charge in [0.25, 0.3) is 0 Å². The molecule has 1 aliphatic heterocycles. The Labute approximate surface area is 160 Å². The Morgan fingerprint density at radius 1 is 1.11 bits per heavy atom. The summed E-state index contributed by atoms with van der Waals surface area (Å²) in [6, 6.07) is 6.52. The van der Waals surface area contributed by atoms with Gasteiger partial charge >= 0.3 is 5.97 Å². The van der Waals surface area contributed by atoms with Crippen LogP contribution in [0.3, 0.4) is 0 Å². The predicted octanol–water partition coefficient (Wildman–Crippen LogP) is 3.00. The molecule has 1 amide bonds. The van der Waals surface area contributed by atoms with Crippen molar-refractivity contribution in [1.29, 1.82) is 0 Å². The Balaban J connectivity index is 1.59. The highest BCUT2D eigenvalue weighted by Gasteiger charge is 2.58. The first kappa shape index (κ1) is 19.8. The van der Waals surface area contributed by atoms with Crippen molar-refractivity contribution in [3.63, 3.8) is 0 Å². The number of hydrogen-bond acceptors (Lipinski definition) is 3. The Kier molecular flexibility index (Phi) is 5.30. The fraction of sp³-hybridized carbons (Fsp3) is 0.619. The highest BCUT2D eigenvalue weighted by molar-refractivity contribution is 5.84. The van der Waals surface area contributed by atoms with Gasteiger partial charge in [0.1, 0.15) is 5.82 Å². The number of piperazine rings is 1. The second kappa shape index (κ2) is 7.23. The van der Waals surface area contributed by atoms with E-state index in [0.29, 0.717) is 25.9 Å². The normalized spacial score (nSPS) is 28.3. The Hall–Kier alpha value is -1.95. The minimum Gasteiger partial charge on any atom is -0.481 e. The van der Waals surface area contributed by atoms with Crippen LogP contribution in [-0.4, -0.2) is 53.0 Å². The first-order valence-corrected chi connectivity index (χ1v) is 9.64. The van der Waals surface area contributed by atoms with E-state index in [4.69, 9.17) is 0 Å². The van der Waals surface area contributed by atoms with Gasteiger partial charge in [-0.05, 0) is 42.9 Å². The molecule has 1 aromatic rings. The van der Waals surface area contributed by atoms with Crippen LogP contribution < -0.4 is 0 Å². The lowest BCUT2D eigenvalue weighted by atomic mass is 9.65. The molecule has 0 unspecified atom stereocenters. The molecule has 1 saturated carbocycles. The lowest BCUT2D eigenvalue weighted by Crippen LogP contribution is -2.52. The molecule has 0 bridgehead atoms. The summed E-state index contributed by atoms with van der Waals surface area (Å²) in [7, 11) is 0. The lowest BCUT2D eigenvalue weighted by molar-refractivity contribution is -0.156. The van der Waals surface area contributed by atoms with Crippen LogP contribution in [0, 0.1) is 22.6 Å². The number of nitrogens with zero attached hydrogens (tertiary/aromatic N) is 2. The van der Waals surface area contributed by atoms with Gasteiger partial charge in [-0.25, -0.2) is 4.39 Å². The van der Waals surface area contributed by atoms with Gasteiger partial charge in [0.2, 0.25) is 5.91 Å². The second-order valence-electron chi connectivity index (χ2n) is 8.68. The molecule has 0 aromatic heterocycles. The van der Waals surface area contributed by atoms with Crippen LogP contribution in [0.25, 0.3) is 0 Å². The maximum absolute atomic E-state index is 13.1. The van der Waals surface area contributed by atoms with E-state index in [0.717, 1.165) is 25.2 Å². The molecule has 148 valence electrons. The van der Waals surface area contributed by atoms with Gasteiger partial charge in [0.15, 0.2) is 0 Å². The monoisotopic (exact) mass is 376 g/mol. The first-order valence-electron chi connectivity index (χ1n) is 9.64. The standard InChI is InChI=1S/C21H29FN2O3/c1-20(2)17(8-9-21(20,3)19(26)27)18(25)24-12-10-23(11-13-24)14-15-4-6-16(22)7-5-15/h4-7,17H,8-14H2,1-3H3,(H,26,27)/t17-,21+/m0/s1. The topological polar surface area (TPSA) is 60.9 Å². The number of hydrogen-bond donors (Lipinski definition) is 1. The predicted molar refractivity (Wildman–Crippen MR) is 101 cm³/mol. The third-order valence-corrected chi connectivity index (χ3v) is 7.00. The van der Waals surface area contributed by atoms with E-state index >= 15 is 0 Å². The zero-order chi connectivity index (χ0) is 19.8. The summed E-state index contributed by atoms with van der Waals surface area (Å²) in [6.07, 6.45) is 1.17. The first-order chi connectivity index (χ1) is 12.6. The van der Waals surface area contributed by atoms with Crippen LogP contribution in [0.4, 0.5) is 4.39 Å². The van der Waals surface area contributed by atoms with Crippen LogP contribution in [0.15, 0.2) is 24.3 Å². The molecule has 2 aliphatic rings. The van der Waals surface area contributed by atoms with Crippen molar-refractivity contribution < 1.29 is 19.1 Å². The summed E-state index contributed by atoms with van der Waals surface area (Å²) in [5.41, 5.74) is -0.371. The molecule has 3 rings (SSSR count). The van der Waals surface area contributed by atoms with Gasteiger partial charge in [0, 0.05) is 38.6 Å². The van der Waals surface area contributed by atoms with Crippen molar-refractivity contribution in [1.82, 2.24) is 9.80 Å². The van der Waals surface area contributed by atoms with Crippen LogP contribution >= 0.6 is 0 Å². The molecule has 2 atom stereocenters. The number of halogens is 1. The van der Waals surface area contributed by atoms with Gasteiger partial charge in [-0.1, -0.05) is 26.0 Å². The number of carboxylic acid groups (broad SMARTS) is 1. The number of aliphatic carboxylic acids is 1. The zero-order valence-electron chi connectivity index (χ0n) is 16.4. The molecule has 0 radical (unpaired) electrons. The molecule has 1 heterocycles. The number of benzene rings is 1. The summed E-state index contributed by atoms with van der Waals surface area (Å²) >= 11 is 0. The summed E-state index contributed by atoms with van der Waals surface area (Å²) < 4.78 is 13.0. The molecule has 2 fully saturated rings. The van der Waals surface area contributed by atoms with Crippen LogP contribution in [0.1, 0.15) is 39.2 Å². The van der Waals surface area contributed by atoms with Gasteiger partial charge in [-0.3, -0.25) is 14.5 Å². The highest BCUT2D eigenvalue weighted by Crippen LogP contribution is 2.56. The number of carbonyl (C=O) groups excluding carboxylic acids is 1. The summed E-state index contributed by atoms with van der Waals surface area (Å²) in [6.45, 7) is 9.19. The van der Waals surface area contributed by atoms with Crippen molar-refractivity contribution in [3.8, 4) is 0 Å². The van der Waals surface area contributed by atoms with Crippen molar-refractivity contribution in [2.45, 2.75) is 40.2 Å². The maximum Gasteiger partial charge on any atom is 0.309 e. The second-order valence-corrected chi connectivity index (χ2v) is 8.68. The zero-order valence-corrected chi connectivity index (χ0v) is 16.4. The Morgan fingerprint density at radius 3 is 2.22 bits per heavy atom. The molecule has 1 aromatic carbocycles. The van der Waals surface area contributed by atoms with Crippen LogP contribution in [0.5, 0.6) is 0 Å². The quantitative estimate of drug-likeness (QED) is 0.878. The largest absolute Gasteiger partial charge is 0.481 e. The summed E-state index contributed by atoms with van der Waals surface area (Å²) in [5.74, 6) is -1.21. The number of carboxylic acids is 1. The smallest absolute Gasteiger partial charge is 0.309 e. The SMILES string of the molecule is CC1(C)[C@H](C(=O)N2CCN(Cc3ccc(F)cc3)CC2)CC[C@]1(C)C(=O)O. The summed E-state index contributed by atoms with van der Waals surface area (Å²) in [4.78, 5) is 29.0. The molecule has 0 spiro atoms. The Morgan fingerprint density at radius 2 is 1.70 bits per heavy atom. The molecule has 1 saturated heterocycles. The van der Waals surface area contributed by atoms with E-state index in [-0.39, 0.29) is 17.6 Å². The van der Waals surface area contributed by atoms with E-state index < -0.39 is 16.8 Å². The van der Waals surface area contributed by atoms with Crippen molar-refractivity contribution in [2.75, 3.05) is 26.2 Å². The number of amides is 1. The van der Waals surface area contributed by atoms with Crippen molar-refractivity contribution >= 4 is 11.9 Å². The minimum atomic E-state index is -0.863. The molecular formula is C21H29FN2O3. The van der Waals surface area contributed by atoms with E-state index in [9.17, 15) is 19.1 Å². The molecule has 5 nitrogen and oxygen atoms in total. The maximum atomic E-state index is 13.1. The highest BCUT2D eigenvalue weighted by atomic mass is 19.1. The van der Waals surface area contributed by atoms with E-state index in [1.165, 1.54) is 12.1 Å². The van der Waals surface area contributed by atoms with Gasteiger partial charge in [-0.15, -0.1) is 0 Å². The number of carbonyl (C=O) groups is 2. The lowest BCUT2D eigenvalue weighted by Gasteiger charge is -2.41. The molecule has 1 N–H and O–H groups in total. The number of rotatable bonds is 4. The van der Waals surface area contributed by atoms with E-state index in [2.05, 4.69) is 4.90 Å². The molecule has 6 heteroatoms. The Bertz CT molecular complexity index is 711. The average molecular weight is 376 g/mol. The minimum absolute atomic E-state index is 0.0893. The van der Waals surface area contributed by atoms with Gasteiger partial charge in [0.05, 0.1) is 5.41 Å². The fourth-order valence-corrected chi connectivity index (χ4v) is 4.51. The molecule has 1 aliphatic carbocycles. The summed E-state index contributed by atoms with van der Waals surface area (Å²) in [5, 5.41) is 9.66. The van der Waals surface area contributed by atoms with E-state index in [1.54, 1.807) is 19.1 Å². The molecule has 27 heavy (non-hydrogen) atoms. The van der Waals surface area contributed by atoms with Gasteiger partial charge in [-0.2, -0.15) is 0 Å². The third-order valence-electron chi connectivity index (χ3n) is 7.00. The fourth-order valence-electron chi connectivity index (χ4n) is 4.51. The van der Waals surface area contributed by atoms with Gasteiger partial charge < -0.3 is 10.0 Å². The van der Waals surface area contributed by atoms with E-state index in [1.807, 2.05) is 18.7 Å². The van der Waals surface area contributed by atoms with Crippen LogP contribution in [-0.2, 0) is 16.1 Å². The average Bonchev–Trinajstić information content (AvgIpc) is 2.88. The third kappa shape index (κ3) is 3.59. The van der Waals surface area contributed by atoms with Crippen molar-refractivity contribution in [3.05, 3.63) is 35.6 Å². The van der Waals surface area contributed by atoms with Crippen LogP contribution in [0.2, 0.25) is 0 Å². The molecular weight excluding hydrogens is 347 g/mol. The van der Waals surface area contributed by atoms with Crippen molar-refractivity contribution in [2.24, 2.45) is 16.7 Å².